The van der Waals surface area contributed by atoms with Crippen molar-refractivity contribution >= 4 is 6.21 Å². The molecular weight excluding hydrogens is 138 g/mol. The summed E-state index contributed by atoms with van der Waals surface area (Å²) in [5, 5.41) is 0. The van der Waals surface area contributed by atoms with E-state index >= 15 is 0 Å². The Kier molecular flexibility index (Phi) is 3.62. The molecule has 0 radical (unpaired) electrons. The largest absolute Gasteiger partial charge is 0.384 e. The fourth-order valence-corrected chi connectivity index (χ4v) is 0.900. The van der Waals surface area contributed by atoms with Crippen LogP contribution in [0.2, 0.25) is 0 Å². The minimum atomic E-state index is 0.770. The van der Waals surface area contributed by atoms with Crippen molar-refractivity contribution in [2.24, 2.45) is 4.99 Å². The van der Waals surface area contributed by atoms with Gasteiger partial charge in [0.2, 0.25) is 0 Å². The van der Waals surface area contributed by atoms with Crippen LogP contribution in [0.5, 0.6) is 0 Å². The number of hydrogen-bond acceptors (Lipinski definition) is 2. The van der Waals surface area contributed by atoms with E-state index in [9.17, 15) is 0 Å². The molecule has 0 fully saturated rings. The first-order chi connectivity index (χ1) is 5.43. The Hall–Kier alpha value is -0.890. The minimum absolute atomic E-state index is 0.770. The van der Waals surface area contributed by atoms with Crippen molar-refractivity contribution in [1.29, 1.82) is 0 Å². The lowest BCUT2D eigenvalue weighted by Crippen LogP contribution is -1.89. The Morgan fingerprint density at radius 3 is 3.36 bits per heavy atom. The zero-order valence-corrected chi connectivity index (χ0v) is 6.79. The molecule has 0 unspecified atom stereocenters. The summed E-state index contributed by atoms with van der Waals surface area (Å²) in [5.74, 6) is 0. The summed E-state index contributed by atoms with van der Waals surface area (Å²) in [6, 6.07) is 0. The molecule has 0 aliphatic carbocycles. The lowest BCUT2D eigenvalue weighted by atomic mass is 10.2. The van der Waals surface area contributed by atoms with Crippen molar-refractivity contribution < 1.29 is 4.74 Å². The van der Waals surface area contributed by atoms with Crippen LogP contribution in [0, 0.1) is 0 Å². The molecule has 0 N–H and O–H groups in total. The van der Waals surface area contributed by atoms with Crippen LogP contribution >= 0.6 is 0 Å². The van der Waals surface area contributed by atoms with Crippen LogP contribution in [0.4, 0.5) is 0 Å². The van der Waals surface area contributed by atoms with Crippen LogP contribution in [0.3, 0.4) is 0 Å². The number of nitrogens with zero attached hydrogens (tertiary/aromatic N) is 1. The van der Waals surface area contributed by atoms with Crippen molar-refractivity contribution in [2.75, 3.05) is 13.7 Å². The Morgan fingerprint density at radius 2 is 2.55 bits per heavy atom. The summed E-state index contributed by atoms with van der Waals surface area (Å²) in [6.07, 6.45) is 9.89. The molecule has 0 saturated carbocycles. The summed E-state index contributed by atoms with van der Waals surface area (Å²) in [5.41, 5.74) is 1.24. The molecule has 0 spiro atoms. The molecule has 0 saturated heterocycles. The number of methoxy groups -OCH3 is 1. The van der Waals surface area contributed by atoms with E-state index in [2.05, 4.69) is 17.1 Å². The molecule has 11 heavy (non-hydrogen) atoms. The van der Waals surface area contributed by atoms with Gasteiger partial charge in [0.15, 0.2) is 0 Å². The molecule has 1 aliphatic heterocycles. The minimum Gasteiger partial charge on any atom is -0.384 e. The second-order valence-corrected chi connectivity index (χ2v) is 2.42. The molecule has 0 aromatic carbocycles. The molecule has 1 heterocycles. The van der Waals surface area contributed by atoms with Crippen molar-refractivity contribution in [1.82, 2.24) is 0 Å². The van der Waals surface area contributed by atoms with Crippen LogP contribution < -0.4 is 0 Å². The highest BCUT2D eigenvalue weighted by Gasteiger charge is 1.92. The van der Waals surface area contributed by atoms with E-state index in [1.807, 2.05) is 12.4 Å². The summed E-state index contributed by atoms with van der Waals surface area (Å²) in [6.45, 7) is 0.770. The monoisotopic (exact) mass is 151 g/mol. The van der Waals surface area contributed by atoms with E-state index in [1.165, 1.54) is 5.57 Å². The number of rotatable bonds is 3. The quantitative estimate of drug-likeness (QED) is 0.604. The Labute approximate surface area is 67.3 Å². The molecule has 0 atom stereocenters. The van der Waals surface area contributed by atoms with Crippen molar-refractivity contribution in [3.63, 3.8) is 0 Å². The zero-order chi connectivity index (χ0) is 7.94. The number of ether oxygens (including phenoxy) is 1. The Bertz CT molecular complexity index is 192. The Morgan fingerprint density at radius 1 is 1.64 bits per heavy atom. The van der Waals surface area contributed by atoms with Gasteiger partial charge in [-0.05, 0) is 12.0 Å². The first kappa shape index (κ1) is 8.21. The van der Waals surface area contributed by atoms with Crippen LogP contribution in [-0.2, 0) is 4.74 Å². The van der Waals surface area contributed by atoms with E-state index in [0.29, 0.717) is 0 Å². The average Bonchev–Trinajstić information content (AvgIpc) is 2.28. The Balaban J connectivity index is 2.42. The number of aliphatic imine (C=N–C) groups is 1. The fraction of sp³-hybridized carbons (Fsp3) is 0.444. The highest BCUT2D eigenvalue weighted by atomic mass is 16.5. The van der Waals surface area contributed by atoms with Gasteiger partial charge < -0.3 is 4.74 Å². The van der Waals surface area contributed by atoms with E-state index in [-0.39, 0.29) is 0 Å². The van der Waals surface area contributed by atoms with Crippen LogP contribution in [-0.4, -0.2) is 19.9 Å². The lowest BCUT2D eigenvalue weighted by Gasteiger charge is -1.97. The maximum atomic E-state index is 4.96. The van der Waals surface area contributed by atoms with Gasteiger partial charge in [0.25, 0.3) is 0 Å². The van der Waals surface area contributed by atoms with Gasteiger partial charge in [0, 0.05) is 25.9 Å². The van der Waals surface area contributed by atoms with Gasteiger partial charge in [0.05, 0.1) is 6.61 Å². The SMILES string of the molecule is COCCC1=CN=CCC=C1. The molecule has 0 amide bonds. The normalized spacial score (nSPS) is 16.3. The molecule has 0 bridgehead atoms. The van der Waals surface area contributed by atoms with E-state index < -0.39 is 0 Å². The summed E-state index contributed by atoms with van der Waals surface area (Å²) < 4.78 is 4.96. The molecule has 1 aliphatic rings. The molecule has 60 valence electrons. The maximum Gasteiger partial charge on any atom is 0.0503 e. The molecule has 2 heteroatoms. The second-order valence-electron chi connectivity index (χ2n) is 2.42. The van der Waals surface area contributed by atoms with Crippen LogP contribution in [0.15, 0.2) is 28.9 Å². The van der Waals surface area contributed by atoms with Crippen molar-refractivity contribution in [3.8, 4) is 0 Å². The fourth-order valence-electron chi connectivity index (χ4n) is 0.900. The summed E-state index contributed by atoms with van der Waals surface area (Å²) in [4.78, 5) is 4.10. The van der Waals surface area contributed by atoms with Gasteiger partial charge in [-0.2, -0.15) is 0 Å². The average molecular weight is 151 g/mol. The highest BCUT2D eigenvalue weighted by Crippen LogP contribution is 2.06. The summed E-state index contributed by atoms with van der Waals surface area (Å²) in [7, 11) is 1.71. The van der Waals surface area contributed by atoms with Crippen LogP contribution in [0.25, 0.3) is 0 Å². The van der Waals surface area contributed by atoms with Gasteiger partial charge in [0.1, 0.15) is 0 Å². The standard InChI is InChI=1S/C9H13NO/c1-11-7-5-9-4-2-3-6-10-8-9/h2,4,6,8H,3,5,7H2,1H3. The third-order valence-electron chi connectivity index (χ3n) is 1.51. The van der Waals surface area contributed by atoms with Gasteiger partial charge in [-0.15, -0.1) is 0 Å². The van der Waals surface area contributed by atoms with Crippen molar-refractivity contribution in [3.05, 3.63) is 23.9 Å². The van der Waals surface area contributed by atoms with Gasteiger partial charge in [-0.25, -0.2) is 0 Å². The highest BCUT2D eigenvalue weighted by molar-refractivity contribution is 5.61. The van der Waals surface area contributed by atoms with Gasteiger partial charge >= 0.3 is 0 Å². The maximum absolute atomic E-state index is 4.96. The third kappa shape index (κ3) is 3.14. The number of allylic oxidation sites excluding steroid dienone is 2. The molecule has 0 aromatic rings. The van der Waals surface area contributed by atoms with Crippen LogP contribution in [0.1, 0.15) is 12.8 Å². The van der Waals surface area contributed by atoms with E-state index in [4.69, 9.17) is 4.74 Å². The topological polar surface area (TPSA) is 21.6 Å². The predicted molar refractivity (Wildman–Crippen MR) is 46.8 cm³/mol. The third-order valence-corrected chi connectivity index (χ3v) is 1.51. The smallest absolute Gasteiger partial charge is 0.0503 e. The summed E-state index contributed by atoms with van der Waals surface area (Å²) >= 11 is 0. The molecule has 1 rings (SSSR count). The second kappa shape index (κ2) is 4.85. The van der Waals surface area contributed by atoms with Gasteiger partial charge in [-0.1, -0.05) is 12.2 Å². The molecule has 2 nitrogen and oxygen atoms in total. The molecule has 0 aromatic heterocycles. The van der Waals surface area contributed by atoms with Crippen molar-refractivity contribution in [2.45, 2.75) is 12.8 Å². The zero-order valence-electron chi connectivity index (χ0n) is 6.79. The lowest BCUT2D eigenvalue weighted by molar-refractivity contribution is 0.203. The first-order valence-electron chi connectivity index (χ1n) is 3.79. The number of hydrogen-bond donors (Lipinski definition) is 0. The predicted octanol–water partition coefficient (Wildman–Crippen LogP) is 1.94. The van der Waals surface area contributed by atoms with E-state index in [1.54, 1.807) is 7.11 Å². The van der Waals surface area contributed by atoms with E-state index in [0.717, 1.165) is 19.4 Å². The molecular formula is C9H13NO. The first-order valence-corrected chi connectivity index (χ1v) is 3.79. The van der Waals surface area contributed by atoms with Gasteiger partial charge in [-0.3, -0.25) is 4.99 Å².